The Hall–Kier alpha value is -0.790. The molecular formula is C11H18O2. The Morgan fingerprint density at radius 3 is 2.62 bits per heavy atom. The minimum Gasteiger partial charge on any atom is -0.481 e. The summed E-state index contributed by atoms with van der Waals surface area (Å²) in [6.07, 6.45) is 9.38. The predicted octanol–water partition coefficient (Wildman–Crippen LogP) is 2.84. The van der Waals surface area contributed by atoms with Gasteiger partial charge in [-0.05, 0) is 25.7 Å². The molecule has 0 aliphatic heterocycles. The maximum atomic E-state index is 11.0. The Morgan fingerprint density at radius 2 is 2.00 bits per heavy atom. The minimum absolute atomic E-state index is 0.140. The lowest BCUT2D eigenvalue weighted by atomic mass is 9.88. The summed E-state index contributed by atoms with van der Waals surface area (Å²) in [7, 11) is 0. The van der Waals surface area contributed by atoms with Crippen LogP contribution >= 0.6 is 0 Å². The molecular weight excluding hydrogens is 164 g/mol. The van der Waals surface area contributed by atoms with Gasteiger partial charge in [0.25, 0.3) is 0 Å². The van der Waals surface area contributed by atoms with E-state index in [-0.39, 0.29) is 11.8 Å². The van der Waals surface area contributed by atoms with Crippen LogP contribution in [0, 0.1) is 11.8 Å². The number of rotatable bonds is 2. The third kappa shape index (κ3) is 2.87. The lowest BCUT2D eigenvalue weighted by Crippen LogP contribution is -2.21. The van der Waals surface area contributed by atoms with Gasteiger partial charge in [0.1, 0.15) is 0 Å². The largest absolute Gasteiger partial charge is 0.481 e. The van der Waals surface area contributed by atoms with Crippen molar-refractivity contribution in [2.24, 2.45) is 11.8 Å². The molecule has 2 nitrogen and oxygen atoms in total. The number of carboxylic acids is 1. The second kappa shape index (κ2) is 5.05. The van der Waals surface area contributed by atoms with Crippen molar-refractivity contribution in [3.8, 4) is 0 Å². The van der Waals surface area contributed by atoms with Crippen molar-refractivity contribution in [1.82, 2.24) is 0 Å². The smallest absolute Gasteiger partial charge is 0.307 e. The number of allylic oxidation sites excluding steroid dienone is 2. The van der Waals surface area contributed by atoms with E-state index in [1.165, 1.54) is 12.8 Å². The van der Waals surface area contributed by atoms with E-state index in [2.05, 4.69) is 6.08 Å². The van der Waals surface area contributed by atoms with Gasteiger partial charge in [0, 0.05) is 0 Å². The van der Waals surface area contributed by atoms with Gasteiger partial charge in [-0.1, -0.05) is 31.4 Å². The molecule has 1 fully saturated rings. The standard InChI is InChI=1S/C11H18O2/c1-2-6-9-7-4-3-5-8-10(9)11(12)13/h2,6,9-10H,3-5,7-8H2,1H3,(H,12,13). The summed E-state index contributed by atoms with van der Waals surface area (Å²) < 4.78 is 0. The summed E-state index contributed by atoms with van der Waals surface area (Å²) in [6.45, 7) is 1.96. The van der Waals surface area contributed by atoms with Crippen LogP contribution in [0.3, 0.4) is 0 Å². The normalized spacial score (nSPS) is 30.2. The van der Waals surface area contributed by atoms with E-state index in [0.717, 1.165) is 19.3 Å². The Bertz CT molecular complexity index is 196. The van der Waals surface area contributed by atoms with E-state index in [9.17, 15) is 4.79 Å². The Balaban J connectivity index is 2.66. The van der Waals surface area contributed by atoms with E-state index in [4.69, 9.17) is 5.11 Å². The van der Waals surface area contributed by atoms with Crippen molar-refractivity contribution >= 4 is 5.97 Å². The predicted molar refractivity (Wildman–Crippen MR) is 52.5 cm³/mol. The fourth-order valence-electron chi connectivity index (χ4n) is 2.12. The monoisotopic (exact) mass is 182 g/mol. The van der Waals surface area contributed by atoms with Crippen LogP contribution in [0.15, 0.2) is 12.2 Å². The molecule has 0 amide bonds. The zero-order chi connectivity index (χ0) is 9.68. The maximum Gasteiger partial charge on any atom is 0.307 e. The molecule has 0 aromatic carbocycles. The molecule has 1 saturated carbocycles. The van der Waals surface area contributed by atoms with Gasteiger partial charge in [0.05, 0.1) is 5.92 Å². The van der Waals surface area contributed by atoms with E-state index in [1.54, 1.807) is 0 Å². The first-order chi connectivity index (χ1) is 6.25. The summed E-state index contributed by atoms with van der Waals surface area (Å²) in [5.74, 6) is -0.492. The average Bonchev–Trinajstić information content (AvgIpc) is 2.30. The lowest BCUT2D eigenvalue weighted by molar-refractivity contribution is -0.143. The molecule has 74 valence electrons. The molecule has 1 aliphatic carbocycles. The summed E-state index contributed by atoms with van der Waals surface area (Å²) in [5, 5.41) is 9.03. The van der Waals surface area contributed by atoms with Crippen molar-refractivity contribution in [2.75, 3.05) is 0 Å². The average molecular weight is 182 g/mol. The van der Waals surface area contributed by atoms with Gasteiger partial charge in [-0.25, -0.2) is 0 Å². The highest BCUT2D eigenvalue weighted by Gasteiger charge is 2.27. The molecule has 2 atom stereocenters. The van der Waals surface area contributed by atoms with Crippen LogP contribution in [0.1, 0.15) is 39.0 Å². The van der Waals surface area contributed by atoms with E-state index in [1.807, 2.05) is 13.0 Å². The molecule has 0 aromatic heterocycles. The first kappa shape index (κ1) is 10.3. The maximum absolute atomic E-state index is 11.0. The summed E-state index contributed by atoms with van der Waals surface area (Å²) >= 11 is 0. The summed E-state index contributed by atoms with van der Waals surface area (Å²) in [6, 6.07) is 0. The first-order valence-electron chi connectivity index (χ1n) is 5.11. The van der Waals surface area contributed by atoms with Crippen LogP contribution in [-0.4, -0.2) is 11.1 Å². The highest BCUT2D eigenvalue weighted by Crippen LogP contribution is 2.29. The molecule has 13 heavy (non-hydrogen) atoms. The minimum atomic E-state index is -0.620. The molecule has 1 aliphatic rings. The zero-order valence-corrected chi connectivity index (χ0v) is 8.20. The van der Waals surface area contributed by atoms with Crippen molar-refractivity contribution in [3.05, 3.63) is 12.2 Å². The fraction of sp³-hybridized carbons (Fsp3) is 0.727. The van der Waals surface area contributed by atoms with Gasteiger partial charge in [-0.3, -0.25) is 4.79 Å². The summed E-state index contributed by atoms with van der Waals surface area (Å²) in [4.78, 5) is 11.0. The number of hydrogen-bond acceptors (Lipinski definition) is 1. The van der Waals surface area contributed by atoms with E-state index in [0.29, 0.717) is 0 Å². The van der Waals surface area contributed by atoms with Crippen LogP contribution in [0.4, 0.5) is 0 Å². The first-order valence-corrected chi connectivity index (χ1v) is 5.11. The third-order valence-corrected chi connectivity index (χ3v) is 2.83. The molecule has 0 saturated heterocycles. The topological polar surface area (TPSA) is 37.3 Å². The molecule has 0 bridgehead atoms. The lowest BCUT2D eigenvalue weighted by Gasteiger charge is -2.17. The van der Waals surface area contributed by atoms with Gasteiger partial charge in [-0.15, -0.1) is 0 Å². The fourth-order valence-corrected chi connectivity index (χ4v) is 2.12. The molecule has 0 aromatic rings. The van der Waals surface area contributed by atoms with E-state index < -0.39 is 5.97 Å². The van der Waals surface area contributed by atoms with Gasteiger partial charge in [0.2, 0.25) is 0 Å². The SMILES string of the molecule is CC=CC1CCCCCC1C(=O)O. The van der Waals surface area contributed by atoms with Gasteiger partial charge >= 0.3 is 5.97 Å². The zero-order valence-electron chi connectivity index (χ0n) is 8.20. The summed E-state index contributed by atoms with van der Waals surface area (Å²) in [5.41, 5.74) is 0. The Kier molecular flexibility index (Phi) is 4.00. The molecule has 2 unspecified atom stereocenters. The van der Waals surface area contributed by atoms with Crippen molar-refractivity contribution in [2.45, 2.75) is 39.0 Å². The van der Waals surface area contributed by atoms with Crippen LogP contribution < -0.4 is 0 Å². The molecule has 2 heteroatoms. The van der Waals surface area contributed by atoms with Crippen molar-refractivity contribution < 1.29 is 9.90 Å². The quantitative estimate of drug-likeness (QED) is 0.526. The molecule has 1 rings (SSSR count). The molecule has 0 radical (unpaired) electrons. The van der Waals surface area contributed by atoms with Gasteiger partial charge < -0.3 is 5.11 Å². The Labute approximate surface area is 79.6 Å². The second-order valence-electron chi connectivity index (χ2n) is 3.77. The molecule has 0 spiro atoms. The van der Waals surface area contributed by atoms with Crippen LogP contribution in [0.25, 0.3) is 0 Å². The van der Waals surface area contributed by atoms with Crippen LogP contribution in [0.2, 0.25) is 0 Å². The van der Waals surface area contributed by atoms with E-state index >= 15 is 0 Å². The van der Waals surface area contributed by atoms with Crippen LogP contribution in [-0.2, 0) is 4.79 Å². The van der Waals surface area contributed by atoms with Gasteiger partial charge in [0.15, 0.2) is 0 Å². The number of aliphatic carboxylic acids is 1. The molecule has 0 heterocycles. The number of hydrogen-bond donors (Lipinski definition) is 1. The number of carboxylic acid groups (broad SMARTS) is 1. The third-order valence-electron chi connectivity index (χ3n) is 2.83. The van der Waals surface area contributed by atoms with Crippen molar-refractivity contribution in [3.63, 3.8) is 0 Å². The van der Waals surface area contributed by atoms with Crippen LogP contribution in [0.5, 0.6) is 0 Å². The van der Waals surface area contributed by atoms with Crippen molar-refractivity contribution in [1.29, 1.82) is 0 Å². The highest BCUT2D eigenvalue weighted by atomic mass is 16.4. The molecule has 1 N–H and O–H groups in total. The van der Waals surface area contributed by atoms with Gasteiger partial charge in [-0.2, -0.15) is 0 Å². The Morgan fingerprint density at radius 1 is 1.31 bits per heavy atom. The number of carbonyl (C=O) groups is 1. The highest BCUT2D eigenvalue weighted by molar-refractivity contribution is 5.70. The second-order valence-corrected chi connectivity index (χ2v) is 3.77.